The third-order valence-electron chi connectivity index (χ3n) is 4.06. The maximum absolute atomic E-state index is 14.1. The molecular weight excluding hydrogens is 419 g/mol. The van der Waals surface area contributed by atoms with Crippen molar-refractivity contribution in [1.82, 2.24) is 4.31 Å². The minimum absolute atomic E-state index is 0.127. The van der Waals surface area contributed by atoms with Gasteiger partial charge in [0.2, 0.25) is 10.0 Å². The summed E-state index contributed by atoms with van der Waals surface area (Å²) in [5.41, 5.74) is -3.02. The first-order chi connectivity index (χ1) is 13.4. The highest BCUT2D eigenvalue weighted by Gasteiger charge is 2.35. The zero-order valence-corrected chi connectivity index (χ0v) is 16.2. The van der Waals surface area contributed by atoms with Crippen LogP contribution in [0.2, 0.25) is 0 Å². The first kappa shape index (κ1) is 22.8. The lowest BCUT2D eigenvalue weighted by Gasteiger charge is -2.19. The molecule has 0 fully saturated rings. The fourth-order valence-corrected chi connectivity index (χ4v) is 4.09. The molecule has 2 aromatic rings. The molecule has 0 aliphatic carbocycles. The zero-order valence-electron chi connectivity index (χ0n) is 15.3. The Hall–Kier alpha value is -2.53. The third kappa shape index (κ3) is 4.91. The van der Waals surface area contributed by atoms with Gasteiger partial charge in [0.05, 0.1) is 21.7 Å². The van der Waals surface area contributed by atoms with Gasteiger partial charge in [0.15, 0.2) is 0 Å². The Morgan fingerprint density at radius 1 is 1.03 bits per heavy atom. The van der Waals surface area contributed by atoms with Crippen LogP contribution in [-0.2, 0) is 16.2 Å². The second kappa shape index (κ2) is 8.46. The summed E-state index contributed by atoms with van der Waals surface area (Å²) in [7, 11) is -4.03. The summed E-state index contributed by atoms with van der Waals surface area (Å²) >= 11 is 0. The van der Waals surface area contributed by atoms with Gasteiger partial charge in [-0.15, -0.1) is 0 Å². The Morgan fingerprint density at radius 3 is 2.21 bits per heavy atom. The van der Waals surface area contributed by atoms with E-state index in [0.29, 0.717) is 12.1 Å². The average molecular weight is 436 g/mol. The minimum Gasteiger partial charge on any atom is -0.321 e. The number of alkyl halides is 3. The molecule has 2 aromatic carbocycles. The van der Waals surface area contributed by atoms with E-state index in [0.717, 1.165) is 22.5 Å². The quantitative estimate of drug-likeness (QED) is 0.688. The molecular formula is C18H17F5N2O3S. The van der Waals surface area contributed by atoms with Gasteiger partial charge < -0.3 is 5.32 Å². The van der Waals surface area contributed by atoms with Crippen LogP contribution in [0.1, 0.15) is 29.8 Å². The molecule has 2 rings (SSSR count). The summed E-state index contributed by atoms with van der Waals surface area (Å²) < 4.78 is 92.7. The molecule has 0 unspecified atom stereocenters. The van der Waals surface area contributed by atoms with Gasteiger partial charge in [-0.05, 0) is 36.4 Å². The van der Waals surface area contributed by atoms with Crippen molar-refractivity contribution < 1.29 is 35.2 Å². The minimum atomic E-state index is -4.98. The van der Waals surface area contributed by atoms with Crippen LogP contribution in [0.25, 0.3) is 0 Å². The molecule has 5 nitrogen and oxygen atoms in total. The van der Waals surface area contributed by atoms with E-state index in [1.54, 1.807) is 13.8 Å². The topological polar surface area (TPSA) is 66.5 Å². The molecule has 1 amide bonds. The average Bonchev–Trinajstić information content (AvgIpc) is 2.63. The summed E-state index contributed by atoms with van der Waals surface area (Å²) in [6, 6.07) is 4.01. The fourth-order valence-electron chi connectivity index (χ4n) is 2.60. The molecule has 29 heavy (non-hydrogen) atoms. The molecule has 0 aromatic heterocycles. The monoisotopic (exact) mass is 436 g/mol. The summed E-state index contributed by atoms with van der Waals surface area (Å²) in [4.78, 5) is 12.0. The highest BCUT2D eigenvalue weighted by Crippen LogP contribution is 2.35. The lowest BCUT2D eigenvalue weighted by molar-refractivity contribution is -0.137. The zero-order chi connectivity index (χ0) is 22.0. The first-order valence-corrected chi connectivity index (χ1v) is 9.83. The van der Waals surface area contributed by atoms with Crippen molar-refractivity contribution in [2.45, 2.75) is 24.9 Å². The summed E-state index contributed by atoms with van der Waals surface area (Å²) in [5.74, 6) is -3.61. The van der Waals surface area contributed by atoms with Gasteiger partial charge in [0.25, 0.3) is 5.91 Å². The largest absolute Gasteiger partial charge is 0.418 e. The van der Waals surface area contributed by atoms with Crippen LogP contribution in [-0.4, -0.2) is 31.7 Å². The molecule has 0 spiro atoms. The van der Waals surface area contributed by atoms with Crippen molar-refractivity contribution in [3.63, 3.8) is 0 Å². The second-order valence-corrected chi connectivity index (χ2v) is 7.81. The summed E-state index contributed by atoms with van der Waals surface area (Å²) in [5, 5.41) is 1.86. The summed E-state index contributed by atoms with van der Waals surface area (Å²) in [6.45, 7) is 3.43. The number of hydrogen-bond donors (Lipinski definition) is 1. The highest BCUT2D eigenvalue weighted by atomic mass is 32.2. The lowest BCUT2D eigenvalue weighted by Crippen LogP contribution is -2.31. The van der Waals surface area contributed by atoms with Crippen molar-refractivity contribution in [3.05, 3.63) is 59.2 Å². The van der Waals surface area contributed by atoms with Crippen LogP contribution in [0.4, 0.5) is 27.6 Å². The number of carbonyl (C=O) groups excluding carboxylic acids is 1. The van der Waals surface area contributed by atoms with Crippen molar-refractivity contribution in [2.24, 2.45) is 0 Å². The number of halogens is 5. The van der Waals surface area contributed by atoms with Gasteiger partial charge in [-0.3, -0.25) is 4.79 Å². The predicted octanol–water partition coefficient (Wildman–Crippen LogP) is 4.27. The molecule has 1 N–H and O–H groups in total. The maximum atomic E-state index is 14.1. The molecule has 0 bridgehead atoms. The number of anilines is 1. The SMILES string of the molecule is CCN(CC)S(=O)(=O)c1ccc(F)c(C(=O)Nc2ccc(F)cc2C(F)(F)F)c1. The number of rotatable bonds is 6. The molecule has 11 heteroatoms. The van der Waals surface area contributed by atoms with E-state index in [2.05, 4.69) is 0 Å². The van der Waals surface area contributed by atoms with E-state index in [4.69, 9.17) is 0 Å². The van der Waals surface area contributed by atoms with E-state index in [1.165, 1.54) is 0 Å². The number of amides is 1. The van der Waals surface area contributed by atoms with E-state index >= 15 is 0 Å². The molecule has 0 saturated heterocycles. The Bertz CT molecular complexity index is 1020. The van der Waals surface area contributed by atoms with E-state index in [9.17, 15) is 35.2 Å². The van der Waals surface area contributed by atoms with E-state index in [1.807, 2.05) is 5.32 Å². The molecule has 0 atom stereocenters. The molecule has 0 aliphatic heterocycles. The van der Waals surface area contributed by atoms with Crippen LogP contribution < -0.4 is 5.32 Å². The fraction of sp³-hybridized carbons (Fsp3) is 0.278. The summed E-state index contributed by atoms with van der Waals surface area (Å²) in [6.07, 6.45) is -4.98. The first-order valence-electron chi connectivity index (χ1n) is 8.39. The number of nitrogens with one attached hydrogen (secondary N) is 1. The van der Waals surface area contributed by atoms with Crippen molar-refractivity contribution >= 4 is 21.6 Å². The second-order valence-electron chi connectivity index (χ2n) is 5.87. The van der Waals surface area contributed by atoms with Gasteiger partial charge in [-0.1, -0.05) is 13.8 Å². The van der Waals surface area contributed by atoms with Crippen LogP contribution in [0.5, 0.6) is 0 Å². The third-order valence-corrected chi connectivity index (χ3v) is 6.11. The van der Waals surface area contributed by atoms with E-state index < -0.39 is 50.6 Å². The van der Waals surface area contributed by atoms with Gasteiger partial charge in [0, 0.05) is 13.1 Å². The molecule has 0 radical (unpaired) electrons. The Labute approximate surface area is 164 Å². The normalized spacial score (nSPS) is 12.3. The smallest absolute Gasteiger partial charge is 0.321 e. The standard InChI is InChI=1S/C18H17F5N2O3S/c1-3-25(4-2)29(27,28)12-6-7-15(20)13(10-12)17(26)24-16-8-5-11(19)9-14(16)18(21,22)23/h5-10H,3-4H2,1-2H3,(H,24,26). The Morgan fingerprint density at radius 2 is 1.66 bits per heavy atom. The van der Waals surface area contributed by atoms with Crippen LogP contribution in [0.15, 0.2) is 41.3 Å². The molecule has 158 valence electrons. The number of nitrogens with zero attached hydrogens (tertiary/aromatic N) is 1. The lowest BCUT2D eigenvalue weighted by atomic mass is 10.1. The van der Waals surface area contributed by atoms with Crippen molar-refractivity contribution in [2.75, 3.05) is 18.4 Å². The van der Waals surface area contributed by atoms with Crippen LogP contribution >= 0.6 is 0 Å². The van der Waals surface area contributed by atoms with Gasteiger partial charge in [0.1, 0.15) is 11.6 Å². The van der Waals surface area contributed by atoms with Crippen LogP contribution in [0.3, 0.4) is 0 Å². The molecule has 0 heterocycles. The highest BCUT2D eigenvalue weighted by molar-refractivity contribution is 7.89. The predicted molar refractivity (Wildman–Crippen MR) is 95.9 cm³/mol. The number of sulfonamides is 1. The number of benzene rings is 2. The van der Waals surface area contributed by atoms with E-state index in [-0.39, 0.29) is 24.1 Å². The Kier molecular flexibility index (Phi) is 6.63. The molecule has 0 aliphatic rings. The van der Waals surface area contributed by atoms with Gasteiger partial charge >= 0.3 is 6.18 Å². The van der Waals surface area contributed by atoms with Gasteiger partial charge in [-0.25, -0.2) is 17.2 Å². The number of carbonyl (C=O) groups is 1. The van der Waals surface area contributed by atoms with Crippen LogP contribution in [0, 0.1) is 11.6 Å². The van der Waals surface area contributed by atoms with Gasteiger partial charge in [-0.2, -0.15) is 17.5 Å². The molecule has 0 saturated carbocycles. The van der Waals surface area contributed by atoms with Crippen molar-refractivity contribution in [3.8, 4) is 0 Å². The maximum Gasteiger partial charge on any atom is 0.418 e. The number of hydrogen-bond acceptors (Lipinski definition) is 3. The van der Waals surface area contributed by atoms with Crippen molar-refractivity contribution in [1.29, 1.82) is 0 Å². The Balaban J connectivity index is 2.46.